The highest BCUT2D eigenvalue weighted by Crippen LogP contribution is 2.20. The predicted molar refractivity (Wildman–Crippen MR) is 86.7 cm³/mol. The fraction of sp³-hybridized carbons (Fsp3) is 0.125. The number of hydrogen-bond donors (Lipinski definition) is 1. The van der Waals surface area contributed by atoms with Gasteiger partial charge in [-0.25, -0.2) is 0 Å². The first kappa shape index (κ1) is 15.5. The van der Waals surface area contributed by atoms with Gasteiger partial charge in [0.2, 0.25) is 0 Å². The van der Waals surface area contributed by atoms with Crippen molar-refractivity contribution in [2.45, 2.75) is 6.42 Å². The van der Waals surface area contributed by atoms with Gasteiger partial charge in [-0.1, -0.05) is 24.3 Å². The number of para-hydroxylation sites is 2. The lowest BCUT2D eigenvalue weighted by Crippen LogP contribution is -2.16. The van der Waals surface area contributed by atoms with E-state index < -0.39 is 5.78 Å². The minimum absolute atomic E-state index is 0.117. The highest BCUT2D eigenvalue weighted by atomic mass is 127. The minimum Gasteiger partial charge on any atom is -0.507 e. The van der Waals surface area contributed by atoms with Gasteiger partial charge in [0.1, 0.15) is 18.1 Å². The Kier molecular flexibility index (Phi) is 5.32. The molecule has 0 heterocycles. The number of carbonyl (C=O) groups excluding carboxylic acids is 2. The van der Waals surface area contributed by atoms with E-state index in [1.54, 1.807) is 18.2 Å². The first-order chi connectivity index (χ1) is 10.1. The van der Waals surface area contributed by atoms with Crippen molar-refractivity contribution in [2.24, 2.45) is 0 Å². The van der Waals surface area contributed by atoms with Crippen LogP contribution >= 0.6 is 22.6 Å². The fourth-order valence-corrected chi connectivity index (χ4v) is 2.30. The average molecular weight is 396 g/mol. The molecule has 0 aliphatic rings. The van der Waals surface area contributed by atoms with Crippen LogP contribution in [0.15, 0.2) is 48.5 Å². The molecule has 0 saturated carbocycles. The van der Waals surface area contributed by atoms with E-state index in [1.807, 2.05) is 18.2 Å². The van der Waals surface area contributed by atoms with Gasteiger partial charge in [-0.3, -0.25) is 9.59 Å². The molecule has 0 unspecified atom stereocenters. The van der Waals surface area contributed by atoms with Crippen LogP contribution in [-0.2, 0) is 4.79 Å². The van der Waals surface area contributed by atoms with E-state index in [4.69, 9.17) is 4.74 Å². The third-order valence-corrected chi connectivity index (χ3v) is 3.68. The summed E-state index contributed by atoms with van der Waals surface area (Å²) in [5, 5.41) is 9.57. The molecule has 4 nitrogen and oxygen atoms in total. The molecule has 0 spiro atoms. The summed E-state index contributed by atoms with van der Waals surface area (Å²) in [6.45, 7) is -0.167. The SMILES string of the molecule is O=C(COc1ccccc1I)CC(=O)c1ccccc1O. The second-order valence-electron chi connectivity index (χ2n) is 4.37. The number of halogens is 1. The second kappa shape index (κ2) is 7.21. The van der Waals surface area contributed by atoms with Gasteiger partial charge in [0.15, 0.2) is 11.6 Å². The molecular formula is C16H13IO4. The van der Waals surface area contributed by atoms with E-state index in [2.05, 4.69) is 22.6 Å². The normalized spacial score (nSPS) is 10.1. The molecule has 0 saturated heterocycles. The third kappa shape index (κ3) is 4.29. The van der Waals surface area contributed by atoms with Crippen molar-refractivity contribution in [1.29, 1.82) is 0 Å². The van der Waals surface area contributed by atoms with Crippen molar-refractivity contribution in [3.05, 3.63) is 57.7 Å². The van der Waals surface area contributed by atoms with E-state index >= 15 is 0 Å². The quantitative estimate of drug-likeness (QED) is 0.463. The zero-order valence-corrected chi connectivity index (χ0v) is 13.2. The standard InChI is InChI=1S/C16H13IO4/c17-13-6-2-4-8-16(13)21-10-11(18)9-15(20)12-5-1-3-7-14(12)19/h1-8,19H,9-10H2. The Morgan fingerprint density at radius 2 is 1.71 bits per heavy atom. The van der Waals surface area contributed by atoms with Crippen LogP contribution in [-0.4, -0.2) is 23.3 Å². The molecule has 0 atom stereocenters. The van der Waals surface area contributed by atoms with Crippen LogP contribution in [0.4, 0.5) is 0 Å². The molecule has 5 heteroatoms. The van der Waals surface area contributed by atoms with Crippen molar-refractivity contribution in [1.82, 2.24) is 0 Å². The number of Topliss-reactive ketones (excluding diaryl/α,β-unsaturated/α-hetero) is 2. The van der Waals surface area contributed by atoms with Gasteiger partial charge in [0.05, 0.1) is 15.6 Å². The van der Waals surface area contributed by atoms with E-state index in [9.17, 15) is 14.7 Å². The van der Waals surface area contributed by atoms with E-state index in [0.717, 1.165) is 3.57 Å². The van der Waals surface area contributed by atoms with Crippen LogP contribution in [0.5, 0.6) is 11.5 Å². The molecule has 108 valence electrons. The fourth-order valence-electron chi connectivity index (χ4n) is 1.75. The number of hydrogen-bond acceptors (Lipinski definition) is 4. The molecule has 0 aromatic heterocycles. The smallest absolute Gasteiger partial charge is 0.177 e. The van der Waals surface area contributed by atoms with Gasteiger partial charge >= 0.3 is 0 Å². The summed E-state index contributed by atoms with van der Waals surface area (Å²) in [6, 6.07) is 13.5. The first-order valence-electron chi connectivity index (χ1n) is 6.28. The number of benzene rings is 2. The highest BCUT2D eigenvalue weighted by molar-refractivity contribution is 14.1. The molecule has 0 amide bonds. The van der Waals surface area contributed by atoms with Crippen LogP contribution in [0.2, 0.25) is 0 Å². The lowest BCUT2D eigenvalue weighted by molar-refractivity contribution is -0.120. The van der Waals surface area contributed by atoms with Crippen molar-refractivity contribution in [2.75, 3.05) is 6.61 Å². The number of ether oxygens (including phenoxy) is 1. The van der Waals surface area contributed by atoms with Gasteiger partial charge in [0, 0.05) is 0 Å². The van der Waals surface area contributed by atoms with Crippen molar-refractivity contribution >= 4 is 34.2 Å². The van der Waals surface area contributed by atoms with Gasteiger partial charge in [-0.15, -0.1) is 0 Å². The Hall–Kier alpha value is -1.89. The maximum Gasteiger partial charge on any atom is 0.177 e. The molecular weight excluding hydrogens is 383 g/mol. The van der Waals surface area contributed by atoms with Crippen molar-refractivity contribution < 1.29 is 19.4 Å². The summed E-state index contributed by atoms with van der Waals surface area (Å²) in [5.41, 5.74) is 0.153. The summed E-state index contributed by atoms with van der Waals surface area (Å²) in [7, 11) is 0. The Morgan fingerprint density at radius 1 is 1.05 bits per heavy atom. The van der Waals surface area contributed by atoms with Crippen molar-refractivity contribution in [3.63, 3.8) is 0 Å². The van der Waals surface area contributed by atoms with E-state index in [-0.39, 0.29) is 30.1 Å². The third-order valence-electron chi connectivity index (χ3n) is 2.79. The molecule has 1 N–H and O–H groups in total. The predicted octanol–water partition coefficient (Wildman–Crippen LogP) is 3.22. The molecule has 0 fully saturated rings. The number of aromatic hydroxyl groups is 1. The molecule has 2 aromatic rings. The van der Waals surface area contributed by atoms with Crippen LogP contribution in [0.25, 0.3) is 0 Å². The molecule has 2 aromatic carbocycles. The monoisotopic (exact) mass is 396 g/mol. The zero-order valence-electron chi connectivity index (χ0n) is 11.1. The molecule has 0 bridgehead atoms. The summed E-state index contributed by atoms with van der Waals surface area (Å²) >= 11 is 2.11. The van der Waals surface area contributed by atoms with Crippen LogP contribution in [0, 0.1) is 3.57 Å². The highest BCUT2D eigenvalue weighted by Gasteiger charge is 2.15. The topological polar surface area (TPSA) is 63.6 Å². The van der Waals surface area contributed by atoms with Gasteiger partial charge < -0.3 is 9.84 Å². The number of ketones is 2. The largest absolute Gasteiger partial charge is 0.507 e. The van der Waals surface area contributed by atoms with Gasteiger partial charge in [-0.2, -0.15) is 0 Å². The Bertz CT molecular complexity index is 667. The van der Waals surface area contributed by atoms with Crippen LogP contribution in [0.1, 0.15) is 16.8 Å². The molecule has 0 aliphatic heterocycles. The lowest BCUT2D eigenvalue weighted by atomic mass is 10.1. The summed E-state index contributed by atoms with van der Waals surface area (Å²) < 4.78 is 6.29. The summed E-state index contributed by atoms with van der Waals surface area (Å²) in [4.78, 5) is 23.7. The molecule has 21 heavy (non-hydrogen) atoms. The molecule has 0 aliphatic carbocycles. The summed E-state index contributed by atoms with van der Waals surface area (Å²) in [6.07, 6.45) is -0.291. The average Bonchev–Trinajstić information content (AvgIpc) is 2.46. The number of phenolic OH excluding ortho intramolecular Hbond substituents is 1. The Labute approximate surface area is 135 Å². The Morgan fingerprint density at radius 3 is 2.43 bits per heavy atom. The molecule has 2 rings (SSSR count). The second-order valence-corrected chi connectivity index (χ2v) is 5.54. The lowest BCUT2D eigenvalue weighted by Gasteiger charge is -2.07. The first-order valence-corrected chi connectivity index (χ1v) is 7.36. The Balaban J connectivity index is 1.92. The number of carbonyl (C=O) groups is 2. The van der Waals surface area contributed by atoms with E-state index in [1.165, 1.54) is 12.1 Å². The molecule has 0 radical (unpaired) electrons. The maximum atomic E-state index is 11.9. The number of rotatable bonds is 6. The van der Waals surface area contributed by atoms with E-state index in [0.29, 0.717) is 5.75 Å². The van der Waals surface area contributed by atoms with Gasteiger partial charge in [-0.05, 0) is 46.9 Å². The number of phenols is 1. The summed E-state index contributed by atoms with van der Waals surface area (Å²) in [5.74, 6) is -0.248. The van der Waals surface area contributed by atoms with Crippen LogP contribution < -0.4 is 4.74 Å². The van der Waals surface area contributed by atoms with Gasteiger partial charge in [0.25, 0.3) is 0 Å². The maximum absolute atomic E-state index is 11.9. The van der Waals surface area contributed by atoms with Crippen LogP contribution in [0.3, 0.4) is 0 Å². The zero-order chi connectivity index (χ0) is 15.2. The van der Waals surface area contributed by atoms with Crippen molar-refractivity contribution in [3.8, 4) is 11.5 Å². The minimum atomic E-state index is -0.413.